The van der Waals surface area contributed by atoms with Crippen LogP contribution in [0.25, 0.3) is 0 Å². The highest BCUT2D eigenvalue weighted by atomic mass is 79.9. The number of halogens is 1. The zero-order valence-electron chi connectivity index (χ0n) is 10.5. The Kier molecular flexibility index (Phi) is 4.72. The summed E-state index contributed by atoms with van der Waals surface area (Å²) in [6.07, 6.45) is 5.39. The lowest BCUT2D eigenvalue weighted by molar-refractivity contribution is 0.0947. The van der Waals surface area contributed by atoms with E-state index in [1.807, 2.05) is 0 Å². The molecule has 0 saturated heterocycles. The Balaban J connectivity index is 1.89. The lowest BCUT2D eigenvalue weighted by atomic mass is 10.0. The molecule has 0 atom stereocenters. The molecule has 1 saturated carbocycles. The Morgan fingerprint density at radius 3 is 2.94 bits per heavy atom. The first-order valence-electron chi connectivity index (χ1n) is 6.36. The normalized spacial score (nSPS) is 16.6. The minimum Gasteiger partial charge on any atom is -0.351 e. The first kappa shape index (κ1) is 13.9. The van der Waals surface area contributed by atoms with Crippen molar-refractivity contribution in [3.8, 4) is 0 Å². The molecule has 100 valence electrons. The number of hydrogen-bond donors (Lipinski definition) is 1. The van der Waals surface area contributed by atoms with Crippen molar-refractivity contribution < 1.29 is 4.79 Å². The van der Waals surface area contributed by atoms with Crippen LogP contribution >= 0.6 is 27.5 Å². The second-order valence-electron chi connectivity index (χ2n) is 4.92. The first-order valence-corrected chi connectivity index (χ1v) is 8.25. The second kappa shape index (κ2) is 6.10. The average molecular weight is 332 g/mol. The molecule has 0 spiro atoms. The highest BCUT2D eigenvalue weighted by Crippen LogP contribution is 2.48. The van der Waals surface area contributed by atoms with Crippen molar-refractivity contribution in [2.45, 2.75) is 39.0 Å². The molecular weight excluding hydrogens is 314 g/mol. The number of nitrogens with one attached hydrogen (secondary N) is 1. The molecule has 1 aromatic heterocycles. The molecule has 1 N–H and O–H groups in total. The van der Waals surface area contributed by atoms with Gasteiger partial charge in [-0.1, -0.05) is 33.8 Å². The summed E-state index contributed by atoms with van der Waals surface area (Å²) in [6.45, 7) is 2.86. The Morgan fingerprint density at radius 1 is 1.56 bits per heavy atom. The molecular formula is C12H18BrN3OS. The molecule has 1 aromatic rings. The van der Waals surface area contributed by atoms with Gasteiger partial charge >= 0.3 is 0 Å². The van der Waals surface area contributed by atoms with Crippen molar-refractivity contribution >= 4 is 33.4 Å². The van der Waals surface area contributed by atoms with E-state index in [0.717, 1.165) is 36.8 Å². The van der Waals surface area contributed by atoms with Gasteiger partial charge in [-0.2, -0.15) is 0 Å². The maximum Gasteiger partial charge on any atom is 0.264 e. The fraction of sp³-hybridized carbons (Fsp3) is 0.750. The van der Waals surface area contributed by atoms with E-state index < -0.39 is 0 Å². The molecule has 0 aromatic carbocycles. The minimum atomic E-state index is -0.00528. The van der Waals surface area contributed by atoms with Crippen molar-refractivity contribution in [2.75, 3.05) is 11.9 Å². The predicted octanol–water partition coefficient (Wildman–Crippen LogP) is 2.79. The van der Waals surface area contributed by atoms with Crippen molar-refractivity contribution in [2.24, 2.45) is 5.41 Å². The van der Waals surface area contributed by atoms with Gasteiger partial charge in [0.25, 0.3) is 5.91 Å². The van der Waals surface area contributed by atoms with Crippen molar-refractivity contribution in [1.82, 2.24) is 14.9 Å². The number of aryl methyl sites for hydroxylation is 1. The van der Waals surface area contributed by atoms with Gasteiger partial charge in [-0.3, -0.25) is 4.79 Å². The van der Waals surface area contributed by atoms with Crippen LogP contribution in [-0.2, 0) is 6.42 Å². The summed E-state index contributed by atoms with van der Waals surface area (Å²) in [5.41, 5.74) is 1.19. The zero-order valence-corrected chi connectivity index (χ0v) is 12.9. The summed E-state index contributed by atoms with van der Waals surface area (Å²) in [4.78, 5) is 12.8. The molecule has 1 amide bonds. The van der Waals surface area contributed by atoms with Crippen molar-refractivity contribution in [3.63, 3.8) is 0 Å². The Bertz CT molecular complexity index is 417. The molecule has 1 fully saturated rings. The van der Waals surface area contributed by atoms with E-state index in [1.54, 1.807) is 0 Å². The van der Waals surface area contributed by atoms with Crippen LogP contribution in [0.3, 0.4) is 0 Å². The molecule has 6 heteroatoms. The predicted molar refractivity (Wildman–Crippen MR) is 76.3 cm³/mol. The number of rotatable bonds is 7. The lowest BCUT2D eigenvalue weighted by Crippen LogP contribution is -2.30. The Labute approximate surface area is 120 Å². The molecule has 1 heterocycles. The Hall–Kier alpha value is -0.490. The number of nitrogens with zero attached hydrogens (tertiary/aromatic N) is 2. The highest BCUT2D eigenvalue weighted by molar-refractivity contribution is 9.09. The van der Waals surface area contributed by atoms with Crippen LogP contribution in [0.5, 0.6) is 0 Å². The fourth-order valence-corrected chi connectivity index (χ4v) is 3.49. The molecule has 0 aliphatic heterocycles. The monoisotopic (exact) mass is 331 g/mol. The topological polar surface area (TPSA) is 54.9 Å². The maximum absolute atomic E-state index is 12.1. The number of carbonyl (C=O) groups excluding carboxylic acids is 1. The van der Waals surface area contributed by atoms with Crippen LogP contribution < -0.4 is 5.32 Å². The van der Waals surface area contributed by atoms with Crippen LogP contribution in [0, 0.1) is 5.41 Å². The molecule has 1 aliphatic rings. The van der Waals surface area contributed by atoms with Gasteiger partial charge in [0, 0.05) is 11.9 Å². The van der Waals surface area contributed by atoms with Crippen LogP contribution in [0.1, 0.15) is 48.0 Å². The van der Waals surface area contributed by atoms with Crippen molar-refractivity contribution in [1.29, 1.82) is 0 Å². The molecule has 2 rings (SSSR count). The minimum absolute atomic E-state index is 0.00528. The van der Waals surface area contributed by atoms with E-state index in [1.165, 1.54) is 24.4 Å². The lowest BCUT2D eigenvalue weighted by Gasteiger charge is -2.14. The van der Waals surface area contributed by atoms with E-state index in [2.05, 4.69) is 37.8 Å². The third-order valence-electron chi connectivity index (χ3n) is 3.45. The van der Waals surface area contributed by atoms with Gasteiger partial charge in [-0.15, -0.1) is 5.10 Å². The van der Waals surface area contributed by atoms with Gasteiger partial charge in [0.1, 0.15) is 4.88 Å². The van der Waals surface area contributed by atoms with Gasteiger partial charge in [0.05, 0.1) is 5.69 Å². The number of alkyl halides is 1. The van der Waals surface area contributed by atoms with Crippen LogP contribution in [0.4, 0.5) is 0 Å². The van der Waals surface area contributed by atoms with E-state index in [4.69, 9.17) is 0 Å². The van der Waals surface area contributed by atoms with Gasteiger partial charge in [0.2, 0.25) is 0 Å². The molecule has 4 nitrogen and oxygen atoms in total. The second-order valence-corrected chi connectivity index (χ2v) is 6.47. The quantitative estimate of drug-likeness (QED) is 0.781. The molecule has 18 heavy (non-hydrogen) atoms. The standard InChI is InChI=1S/C12H18BrN3OS/c1-2-3-9-10(18-16-15-9)11(17)14-8-12(4-5-12)6-7-13/h2-8H2,1H3,(H,14,17). The van der Waals surface area contributed by atoms with E-state index in [0.29, 0.717) is 10.3 Å². The summed E-state index contributed by atoms with van der Waals surface area (Å²) in [5, 5.41) is 8.07. The fourth-order valence-electron chi connectivity index (χ4n) is 2.02. The average Bonchev–Trinajstić information content (AvgIpc) is 2.96. The number of amides is 1. The number of aromatic nitrogens is 2. The number of hydrogen-bond acceptors (Lipinski definition) is 4. The first-order chi connectivity index (χ1) is 8.71. The summed E-state index contributed by atoms with van der Waals surface area (Å²) in [5.74, 6) is -0.00528. The summed E-state index contributed by atoms with van der Waals surface area (Å²) in [7, 11) is 0. The van der Waals surface area contributed by atoms with Gasteiger partial charge in [-0.05, 0) is 42.6 Å². The van der Waals surface area contributed by atoms with Gasteiger partial charge in [0.15, 0.2) is 0 Å². The molecule has 0 radical (unpaired) electrons. The largest absolute Gasteiger partial charge is 0.351 e. The van der Waals surface area contributed by atoms with Gasteiger partial charge < -0.3 is 5.32 Å². The zero-order chi connectivity index (χ0) is 13.0. The molecule has 0 unspecified atom stereocenters. The van der Waals surface area contributed by atoms with Gasteiger partial charge in [-0.25, -0.2) is 0 Å². The van der Waals surface area contributed by atoms with Crippen LogP contribution in [0.2, 0.25) is 0 Å². The van der Waals surface area contributed by atoms with Crippen LogP contribution in [-0.4, -0.2) is 27.4 Å². The van der Waals surface area contributed by atoms with E-state index in [9.17, 15) is 4.79 Å². The smallest absolute Gasteiger partial charge is 0.264 e. The third-order valence-corrected chi connectivity index (χ3v) is 4.62. The van der Waals surface area contributed by atoms with Crippen molar-refractivity contribution in [3.05, 3.63) is 10.6 Å². The van der Waals surface area contributed by atoms with E-state index in [-0.39, 0.29) is 5.91 Å². The third kappa shape index (κ3) is 3.29. The number of carbonyl (C=O) groups is 1. The summed E-state index contributed by atoms with van der Waals surface area (Å²) in [6, 6.07) is 0. The molecule has 1 aliphatic carbocycles. The SMILES string of the molecule is CCCc1nnsc1C(=O)NCC1(CCBr)CC1. The maximum atomic E-state index is 12.1. The van der Waals surface area contributed by atoms with E-state index >= 15 is 0 Å². The Morgan fingerprint density at radius 2 is 2.33 bits per heavy atom. The van der Waals surface area contributed by atoms with Crippen LogP contribution in [0.15, 0.2) is 0 Å². The summed E-state index contributed by atoms with van der Waals surface area (Å²) >= 11 is 4.67. The highest BCUT2D eigenvalue weighted by Gasteiger charge is 2.41. The summed E-state index contributed by atoms with van der Waals surface area (Å²) < 4.78 is 3.88. The molecule has 0 bridgehead atoms.